The zero-order valence-corrected chi connectivity index (χ0v) is 20.0. The molecule has 0 radical (unpaired) electrons. The zero-order valence-electron chi connectivity index (χ0n) is 16.3. The van der Waals surface area contributed by atoms with Gasteiger partial charge in [-0.05, 0) is 83.5 Å². The molecule has 0 aliphatic rings. The smallest absolute Gasteiger partial charge is 0.174 e. The van der Waals surface area contributed by atoms with E-state index in [4.69, 9.17) is 32.7 Å². The lowest BCUT2D eigenvalue weighted by atomic mass is 10.1. The Bertz CT molecular complexity index is 1070. The Morgan fingerprint density at radius 1 is 1.07 bits per heavy atom. The van der Waals surface area contributed by atoms with Crippen LogP contribution in [-0.4, -0.2) is 13.3 Å². The lowest BCUT2D eigenvalue weighted by molar-refractivity contribution is 0.282. The Morgan fingerprint density at radius 3 is 2.59 bits per heavy atom. The lowest BCUT2D eigenvalue weighted by Gasteiger charge is -2.14. The van der Waals surface area contributed by atoms with Gasteiger partial charge in [-0.3, -0.25) is 4.99 Å². The van der Waals surface area contributed by atoms with Crippen molar-refractivity contribution in [2.75, 3.05) is 7.11 Å². The van der Waals surface area contributed by atoms with E-state index in [1.165, 1.54) is 11.1 Å². The molecule has 0 unspecified atom stereocenters. The number of aryl methyl sites for hydroxylation is 1. The molecule has 0 aromatic heterocycles. The highest BCUT2D eigenvalue weighted by atomic mass is 127. The Morgan fingerprint density at radius 2 is 1.86 bits per heavy atom. The molecule has 0 saturated heterocycles. The first-order chi connectivity index (χ1) is 13.9. The Balaban J connectivity index is 1.83. The highest BCUT2D eigenvalue weighted by Gasteiger charge is 2.13. The van der Waals surface area contributed by atoms with E-state index < -0.39 is 0 Å². The van der Waals surface area contributed by atoms with Crippen LogP contribution in [0.2, 0.25) is 10.0 Å². The first-order valence-electron chi connectivity index (χ1n) is 8.93. The number of halogens is 3. The Kier molecular flexibility index (Phi) is 7.44. The van der Waals surface area contributed by atoms with Crippen molar-refractivity contribution in [3.8, 4) is 11.5 Å². The van der Waals surface area contributed by atoms with Crippen molar-refractivity contribution in [3.63, 3.8) is 0 Å². The molecule has 0 amide bonds. The highest BCUT2D eigenvalue weighted by Crippen LogP contribution is 2.35. The second-order valence-electron chi connectivity index (χ2n) is 6.54. The van der Waals surface area contributed by atoms with E-state index in [9.17, 15) is 0 Å². The summed E-state index contributed by atoms with van der Waals surface area (Å²) in [7, 11) is 1.62. The van der Waals surface area contributed by atoms with Crippen LogP contribution in [0.25, 0.3) is 0 Å². The maximum absolute atomic E-state index is 6.24. The van der Waals surface area contributed by atoms with Crippen molar-refractivity contribution in [2.24, 2.45) is 4.99 Å². The molecule has 3 nitrogen and oxygen atoms in total. The van der Waals surface area contributed by atoms with Gasteiger partial charge in [0.2, 0.25) is 0 Å². The predicted molar refractivity (Wildman–Crippen MR) is 130 cm³/mol. The molecule has 3 aromatic carbocycles. The quantitative estimate of drug-likeness (QED) is 0.239. The second kappa shape index (κ2) is 9.83. The van der Waals surface area contributed by atoms with Crippen molar-refractivity contribution in [3.05, 3.63) is 84.4 Å². The molecule has 0 bridgehead atoms. The number of nitrogens with zero attached hydrogens (tertiary/aromatic N) is 1. The van der Waals surface area contributed by atoms with Crippen molar-refractivity contribution < 1.29 is 9.47 Å². The van der Waals surface area contributed by atoms with Crippen molar-refractivity contribution >= 4 is 57.7 Å². The van der Waals surface area contributed by atoms with Crippen LogP contribution in [0, 0.1) is 17.4 Å². The monoisotopic (exact) mass is 539 g/mol. The lowest BCUT2D eigenvalue weighted by Crippen LogP contribution is -2.01. The van der Waals surface area contributed by atoms with Gasteiger partial charge in [0.1, 0.15) is 6.61 Å². The molecule has 0 spiro atoms. The van der Waals surface area contributed by atoms with Crippen LogP contribution in [0.5, 0.6) is 11.5 Å². The summed E-state index contributed by atoms with van der Waals surface area (Å²) in [5.41, 5.74) is 5.14. The van der Waals surface area contributed by atoms with Gasteiger partial charge >= 0.3 is 0 Å². The summed E-state index contributed by atoms with van der Waals surface area (Å²) >= 11 is 14.4. The van der Waals surface area contributed by atoms with Crippen molar-refractivity contribution in [2.45, 2.75) is 20.5 Å². The van der Waals surface area contributed by atoms with E-state index in [-0.39, 0.29) is 0 Å². The third-order valence-electron chi connectivity index (χ3n) is 4.57. The van der Waals surface area contributed by atoms with E-state index in [0.717, 1.165) is 20.4 Å². The molecule has 150 valence electrons. The molecule has 0 heterocycles. The van der Waals surface area contributed by atoms with Gasteiger partial charge in [-0.15, -0.1) is 0 Å². The zero-order chi connectivity index (χ0) is 21.0. The number of hydrogen-bond donors (Lipinski definition) is 0. The summed E-state index contributed by atoms with van der Waals surface area (Å²) in [6, 6.07) is 15.4. The molecule has 29 heavy (non-hydrogen) atoms. The summed E-state index contributed by atoms with van der Waals surface area (Å²) in [5.74, 6) is 1.31. The van der Waals surface area contributed by atoms with Gasteiger partial charge < -0.3 is 9.47 Å². The van der Waals surface area contributed by atoms with Crippen LogP contribution in [-0.2, 0) is 6.61 Å². The molecule has 0 atom stereocenters. The van der Waals surface area contributed by atoms with Gasteiger partial charge in [-0.25, -0.2) is 0 Å². The van der Waals surface area contributed by atoms with E-state index >= 15 is 0 Å². The molecule has 0 saturated carbocycles. The van der Waals surface area contributed by atoms with E-state index in [0.29, 0.717) is 28.2 Å². The number of ether oxygens (including phenoxy) is 2. The number of rotatable bonds is 6. The molecule has 0 aliphatic carbocycles. The largest absolute Gasteiger partial charge is 0.493 e. The molecule has 0 fully saturated rings. The molecule has 0 N–H and O–H groups in total. The van der Waals surface area contributed by atoms with Gasteiger partial charge in [0.15, 0.2) is 11.5 Å². The number of benzene rings is 3. The predicted octanol–water partition coefficient (Wildman–Crippen LogP) is 7.55. The molecule has 3 rings (SSSR count). The van der Waals surface area contributed by atoms with Crippen molar-refractivity contribution in [1.29, 1.82) is 0 Å². The van der Waals surface area contributed by atoms with Crippen LogP contribution >= 0.6 is 45.8 Å². The third kappa shape index (κ3) is 5.44. The number of hydrogen-bond acceptors (Lipinski definition) is 3. The summed E-state index contributed by atoms with van der Waals surface area (Å²) < 4.78 is 12.5. The fraction of sp³-hybridized carbons (Fsp3) is 0.174. The second-order valence-corrected chi connectivity index (χ2v) is 8.54. The first kappa shape index (κ1) is 21.9. The van der Waals surface area contributed by atoms with Gasteiger partial charge in [-0.2, -0.15) is 0 Å². The van der Waals surface area contributed by atoms with Crippen LogP contribution < -0.4 is 9.47 Å². The average Bonchev–Trinajstić information content (AvgIpc) is 2.69. The standard InChI is InChI=1S/C23H20Cl2INO2/c1-14-5-4-6-21(15(14)2)27-12-16-9-20(26)23(22(10-16)28-3)29-13-17-7-8-18(24)11-19(17)25/h4-12H,13H2,1-3H3. The number of methoxy groups -OCH3 is 1. The van der Waals surface area contributed by atoms with Crippen LogP contribution in [0.15, 0.2) is 53.5 Å². The van der Waals surface area contributed by atoms with Crippen LogP contribution in [0.3, 0.4) is 0 Å². The average molecular weight is 540 g/mol. The summed E-state index contributed by atoms with van der Waals surface area (Å²) in [6.45, 7) is 4.48. The van der Waals surface area contributed by atoms with E-state index in [2.05, 4.69) is 47.5 Å². The summed E-state index contributed by atoms with van der Waals surface area (Å²) in [5, 5.41) is 1.17. The van der Waals surface area contributed by atoms with Crippen molar-refractivity contribution in [1.82, 2.24) is 0 Å². The maximum atomic E-state index is 6.24. The molecule has 3 aromatic rings. The molecular formula is C23H20Cl2INO2. The normalized spacial score (nSPS) is 11.1. The highest BCUT2D eigenvalue weighted by molar-refractivity contribution is 14.1. The molecular weight excluding hydrogens is 520 g/mol. The minimum atomic E-state index is 0.318. The summed E-state index contributed by atoms with van der Waals surface area (Å²) in [6.07, 6.45) is 1.84. The van der Waals surface area contributed by atoms with Crippen LogP contribution in [0.1, 0.15) is 22.3 Å². The Labute approximate surface area is 194 Å². The van der Waals surface area contributed by atoms with Gasteiger partial charge in [0.05, 0.1) is 16.4 Å². The van der Waals surface area contributed by atoms with Gasteiger partial charge in [-0.1, -0.05) is 41.4 Å². The van der Waals surface area contributed by atoms with Crippen LogP contribution in [0.4, 0.5) is 5.69 Å². The number of aliphatic imine (C=N–C) groups is 1. The van der Waals surface area contributed by atoms with Gasteiger partial charge in [0, 0.05) is 21.8 Å². The maximum Gasteiger partial charge on any atom is 0.174 e. The SMILES string of the molecule is COc1cc(C=Nc2cccc(C)c2C)cc(I)c1OCc1ccc(Cl)cc1Cl. The minimum absolute atomic E-state index is 0.318. The van der Waals surface area contributed by atoms with E-state index in [1.807, 2.05) is 36.5 Å². The molecule has 0 aliphatic heterocycles. The fourth-order valence-corrected chi connectivity index (χ4v) is 4.01. The first-order valence-corrected chi connectivity index (χ1v) is 10.8. The third-order valence-corrected chi connectivity index (χ3v) is 5.96. The minimum Gasteiger partial charge on any atom is -0.493 e. The molecule has 6 heteroatoms. The van der Waals surface area contributed by atoms with E-state index in [1.54, 1.807) is 19.2 Å². The van der Waals surface area contributed by atoms with Gasteiger partial charge in [0.25, 0.3) is 0 Å². The fourth-order valence-electron chi connectivity index (χ4n) is 2.76. The summed E-state index contributed by atoms with van der Waals surface area (Å²) in [4.78, 5) is 4.64. The topological polar surface area (TPSA) is 30.8 Å². The Hall–Kier alpha value is -1.76.